The van der Waals surface area contributed by atoms with Crippen LogP contribution in [-0.2, 0) is 20.8 Å². The van der Waals surface area contributed by atoms with Crippen LogP contribution in [-0.4, -0.2) is 30.8 Å². The lowest BCUT2D eigenvalue weighted by atomic mass is 10.1. The van der Waals surface area contributed by atoms with Gasteiger partial charge in [-0.2, -0.15) is 23.7 Å². The standard InChI is InChI=1S/C23H16F3N3O4S/c1-22(31,21(30)29-16-8-6-15(12-28)19(10-16)23(24,25)26)13-34(32,33)20-9-7-14(11-27)17-4-2-3-5-18(17)20/h2-10,31H,13H2,1H3,(H,29,30)/t22-/m0/s1. The Balaban J connectivity index is 1.92. The van der Waals surface area contributed by atoms with Gasteiger partial charge >= 0.3 is 6.18 Å². The van der Waals surface area contributed by atoms with Crippen LogP contribution in [0.3, 0.4) is 0 Å². The van der Waals surface area contributed by atoms with Crippen molar-refractivity contribution in [2.75, 3.05) is 11.1 Å². The van der Waals surface area contributed by atoms with Gasteiger partial charge in [-0.3, -0.25) is 4.79 Å². The average molecular weight is 487 g/mol. The second-order valence-corrected chi connectivity index (χ2v) is 9.58. The molecule has 0 heterocycles. The molecule has 0 saturated heterocycles. The van der Waals surface area contributed by atoms with Gasteiger partial charge in [0.15, 0.2) is 15.4 Å². The molecule has 1 amide bonds. The summed E-state index contributed by atoms with van der Waals surface area (Å²) in [6, 6.07) is 14.5. The van der Waals surface area contributed by atoms with E-state index in [1.165, 1.54) is 24.3 Å². The first kappa shape index (κ1) is 24.7. The van der Waals surface area contributed by atoms with Crippen molar-refractivity contribution < 1.29 is 31.5 Å². The molecule has 0 unspecified atom stereocenters. The maximum Gasteiger partial charge on any atom is 0.417 e. The Morgan fingerprint density at radius 2 is 1.59 bits per heavy atom. The molecule has 34 heavy (non-hydrogen) atoms. The number of nitrogens with one attached hydrogen (secondary N) is 1. The lowest BCUT2D eigenvalue weighted by Crippen LogP contribution is -2.45. The first-order valence-corrected chi connectivity index (χ1v) is 11.2. The van der Waals surface area contributed by atoms with Crippen molar-refractivity contribution in [2.24, 2.45) is 0 Å². The molecule has 11 heteroatoms. The maximum absolute atomic E-state index is 13.2. The molecule has 2 N–H and O–H groups in total. The lowest BCUT2D eigenvalue weighted by Gasteiger charge is -2.23. The number of benzene rings is 3. The Morgan fingerprint density at radius 1 is 1.00 bits per heavy atom. The van der Waals surface area contributed by atoms with E-state index in [1.807, 2.05) is 6.07 Å². The minimum atomic E-state index is -4.87. The number of halogens is 3. The SMILES string of the molecule is C[C@](O)(CS(=O)(=O)c1ccc(C#N)c2ccccc12)C(=O)Nc1ccc(C#N)c(C(F)(F)F)c1. The van der Waals surface area contributed by atoms with Crippen molar-refractivity contribution in [1.82, 2.24) is 0 Å². The minimum Gasteiger partial charge on any atom is -0.379 e. The highest BCUT2D eigenvalue weighted by Crippen LogP contribution is 2.34. The third-order valence-corrected chi connectivity index (χ3v) is 6.97. The van der Waals surface area contributed by atoms with Crippen molar-refractivity contribution in [2.45, 2.75) is 23.6 Å². The molecule has 0 aliphatic carbocycles. The van der Waals surface area contributed by atoms with Gasteiger partial charge in [0.2, 0.25) is 0 Å². The zero-order chi connectivity index (χ0) is 25.3. The second-order valence-electron chi connectivity index (χ2n) is 7.63. The fourth-order valence-corrected chi connectivity index (χ4v) is 5.19. The average Bonchev–Trinajstić information content (AvgIpc) is 2.76. The van der Waals surface area contributed by atoms with Crippen LogP contribution >= 0.6 is 0 Å². The molecule has 0 radical (unpaired) electrons. The van der Waals surface area contributed by atoms with Crippen molar-refractivity contribution in [3.8, 4) is 12.1 Å². The number of hydrogen-bond donors (Lipinski definition) is 2. The summed E-state index contributed by atoms with van der Waals surface area (Å²) in [5.41, 5.74) is -4.62. The quantitative estimate of drug-likeness (QED) is 0.563. The highest BCUT2D eigenvalue weighted by molar-refractivity contribution is 7.91. The van der Waals surface area contributed by atoms with E-state index in [1.54, 1.807) is 18.2 Å². The molecule has 3 rings (SSSR count). The fourth-order valence-electron chi connectivity index (χ4n) is 3.37. The van der Waals surface area contributed by atoms with E-state index in [9.17, 15) is 36.8 Å². The van der Waals surface area contributed by atoms with Crippen LogP contribution in [0.25, 0.3) is 10.8 Å². The van der Waals surface area contributed by atoms with Crippen molar-refractivity contribution in [1.29, 1.82) is 10.5 Å². The summed E-state index contributed by atoms with van der Waals surface area (Å²) in [4.78, 5) is 12.4. The summed E-state index contributed by atoms with van der Waals surface area (Å²) in [7, 11) is -4.29. The molecular weight excluding hydrogens is 471 g/mol. The van der Waals surface area contributed by atoms with Crippen LogP contribution < -0.4 is 5.32 Å². The van der Waals surface area contributed by atoms with Gasteiger partial charge in [-0.1, -0.05) is 24.3 Å². The molecule has 0 spiro atoms. The van der Waals surface area contributed by atoms with E-state index in [2.05, 4.69) is 5.32 Å². The number of aliphatic hydroxyl groups is 1. The number of sulfone groups is 1. The number of hydrogen-bond acceptors (Lipinski definition) is 6. The second kappa shape index (κ2) is 8.78. The number of fused-ring (bicyclic) bond motifs is 1. The normalized spacial score (nSPS) is 13.5. The number of anilines is 1. The van der Waals surface area contributed by atoms with Crippen LogP contribution in [0, 0.1) is 22.7 Å². The molecule has 7 nitrogen and oxygen atoms in total. The first-order chi connectivity index (χ1) is 15.8. The Labute approximate surface area is 192 Å². The predicted molar refractivity (Wildman–Crippen MR) is 116 cm³/mol. The molecule has 3 aromatic carbocycles. The summed E-state index contributed by atoms with van der Waals surface area (Å²) < 4.78 is 65.7. The van der Waals surface area contributed by atoms with Crippen LogP contribution in [0.15, 0.2) is 59.5 Å². The highest BCUT2D eigenvalue weighted by Gasteiger charge is 2.38. The van der Waals surface area contributed by atoms with E-state index in [0.29, 0.717) is 11.5 Å². The van der Waals surface area contributed by atoms with Gasteiger partial charge in [0, 0.05) is 16.5 Å². The van der Waals surface area contributed by atoms with Gasteiger partial charge in [-0.05, 0) is 37.3 Å². The molecule has 0 aliphatic heterocycles. The molecule has 3 aromatic rings. The molecule has 0 saturated carbocycles. The maximum atomic E-state index is 13.2. The number of nitrogens with zero attached hydrogens (tertiary/aromatic N) is 2. The number of alkyl halides is 3. The van der Waals surface area contributed by atoms with Crippen LogP contribution in [0.5, 0.6) is 0 Å². The first-order valence-electron chi connectivity index (χ1n) is 9.60. The molecular formula is C23H16F3N3O4S. The Bertz CT molecular complexity index is 1480. The minimum absolute atomic E-state index is 0.215. The lowest BCUT2D eigenvalue weighted by molar-refractivity contribution is -0.137. The third kappa shape index (κ3) is 4.86. The summed E-state index contributed by atoms with van der Waals surface area (Å²) >= 11 is 0. The number of rotatable bonds is 5. The molecule has 174 valence electrons. The Hall–Kier alpha value is -3.93. The van der Waals surface area contributed by atoms with Crippen LogP contribution in [0.2, 0.25) is 0 Å². The van der Waals surface area contributed by atoms with E-state index in [0.717, 1.165) is 19.1 Å². The topological polar surface area (TPSA) is 131 Å². The summed E-state index contributed by atoms with van der Waals surface area (Å²) in [6.07, 6.45) is -4.87. The van der Waals surface area contributed by atoms with Crippen LogP contribution in [0.4, 0.5) is 18.9 Å². The molecule has 0 bridgehead atoms. The molecule has 1 atom stereocenters. The largest absolute Gasteiger partial charge is 0.417 e. The summed E-state index contributed by atoms with van der Waals surface area (Å²) in [5, 5.41) is 31.4. The summed E-state index contributed by atoms with van der Waals surface area (Å²) in [5.74, 6) is -2.34. The van der Waals surface area contributed by atoms with Gasteiger partial charge < -0.3 is 10.4 Å². The number of carbonyl (C=O) groups excluding carboxylic acids is 1. The van der Waals surface area contributed by atoms with Gasteiger partial charge in [0.05, 0.1) is 39.5 Å². The monoisotopic (exact) mass is 487 g/mol. The van der Waals surface area contributed by atoms with Gasteiger partial charge in [0.25, 0.3) is 5.91 Å². The Morgan fingerprint density at radius 3 is 2.18 bits per heavy atom. The Kier molecular flexibility index (Phi) is 6.38. The number of amides is 1. The molecule has 0 aromatic heterocycles. The van der Waals surface area contributed by atoms with E-state index < -0.39 is 44.4 Å². The van der Waals surface area contributed by atoms with E-state index in [-0.39, 0.29) is 21.5 Å². The van der Waals surface area contributed by atoms with E-state index in [4.69, 9.17) is 5.26 Å². The van der Waals surface area contributed by atoms with Gasteiger partial charge in [-0.25, -0.2) is 8.42 Å². The third-order valence-electron chi connectivity index (χ3n) is 5.00. The number of nitriles is 2. The van der Waals surface area contributed by atoms with Crippen molar-refractivity contribution in [3.05, 3.63) is 71.3 Å². The molecule has 0 fully saturated rings. The van der Waals surface area contributed by atoms with Crippen molar-refractivity contribution >= 4 is 32.2 Å². The summed E-state index contributed by atoms with van der Waals surface area (Å²) in [6.45, 7) is 0.917. The smallest absolute Gasteiger partial charge is 0.379 e. The fraction of sp³-hybridized carbons (Fsp3) is 0.174. The predicted octanol–water partition coefficient (Wildman–Crippen LogP) is 3.77. The zero-order valence-corrected chi connectivity index (χ0v) is 18.3. The highest BCUT2D eigenvalue weighted by atomic mass is 32.2. The van der Waals surface area contributed by atoms with Gasteiger partial charge in [0.1, 0.15) is 0 Å². The van der Waals surface area contributed by atoms with Gasteiger partial charge in [-0.15, -0.1) is 0 Å². The van der Waals surface area contributed by atoms with E-state index >= 15 is 0 Å². The zero-order valence-electron chi connectivity index (χ0n) is 17.5. The number of carbonyl (C=O) groups is 1. The van der Waals surface area contributed by atoms with Crippen molar-refractivity contribution in [3.63, 3.8) is 0 Å². The van der Waals surface area contributed by atoms with Crippen LogP contribution in [0.1, 0.15) is 23.6 Å². The molecule has 0 aliphatic rings.